The summed E-state index contributed by atoms with van der Waals surface area (Å²) in [5, 5.41) is 18.4. The summed E-state index contributed by atoms with van der Waals surface area (Å²) in [7, 11) is 0. The summed E-state index contributed by atoms with van der Waals surface area (Å²) in [5.74, 6) is 1.55. The summed E-state index contributed by atoms with van der Waals surface area (Å²) < 4.78 is 13.1. The molecule has 1 heterocycles. The molecule has 144 valence electrons. The number of aliphatic hydroxyl groups excluding tert-OH is 1. The Morgan fingerprint density at radius 2 is 1.70 bits per heavy atom. The van der Waals surface area contributed by atoms with Crippen molar-refractivity contribution in [1.82, 2.24) is 15.0 Å². The normalized spacial score (nSPS) is 12.2. The molecule has 0 aliphatic rings. The molecule has 0 fully saturated rings. The molecule has 27 heavy (non-hydrogen) atoms. The van der Waals surface area contributed by atoms with Crippen molar-refractivity contribution in [2.24, 2.45) is 0 Å². The molecule has 6 heteroatoms. The second kappa shape index (κ2) is 9.92. The van der Waals surface area contributed by atoms with Gasteiger partial charge in [-0.1, -0.05) is 43.5 Å². The Hall–Kier alpha value is -2.60. The quantitative estimate of drug-likeness (QED) is 0.520. The van der Waals surface area contributed by atoms with Crippen LogP contribution in [-0.2, 0) is 6.54 Å². The van der Waals surface area contributed by atoms with Crippen molar-refractivity contribution in [3.63, 3.8) is 0 Å². The summed E-state index contributed by atoms with van der Waals surface area (Å²) in [6.45, 7) is 3.46. The third-order valence-electron chi connectivity index (χ3n) is 4.34. The molecule has 3 rings (SSSR count). The number of rotatable bonds is 11. The topological polar surface area (TPSA) is 69.4 Å². The molecule has 1 aromatic heterocycles. The van der Waals surface area contributed by atoms with Gasteiger partial charge in [0.05, 0.1) is 18.7 Å². The molecular formula is C21H27N3O3. The summed E-state index contributed by atoms with van der Waals surface area (Å²) in [4.78, 5) is 0. The van der Waals surface area contributed by atoms with Crippen molar-refractivity contribution in [1.29, 1.82) is 0 Å². The third-order valence-corrected chi connectivity index (χ3v) is 4.34. The second-order valence-electron chi connectivity index (χ2n) is 6.61. The monoisotopic (exact) mass is 369 g/mol. The number of aliphatic hydroxyl groups is 1. The molecule has 1 atom stereocenters. The predicted molar refractivity (Wildman–Crippen MR) is 105 cm³/mol. The Bertz CT molecular complexity index is 817. The van der Waals surface area contributed by atoms with Gasteiger partial charge in [0.1, 0.15) is 29.7 Å². The highest BCUT2D eigenvalue weighted by Crippen LogP contribution is 2.18. The van der Waals surface area contributed by atoms with Gasteiger partial charge in [-0.05, 0) is 42.8 Å². The van der Waals surface area contributed by atoms with Gasteiger partial charge in [-0.3, -0.25) is 0 Å². The van der Waals surface area contributed by atoms with Gasteiger partial charge >= 0.3 is 0 Å². The van der Waals surface area contributed by atoms with Crippen molar-refractivity contribution in [3.8, 4) is 11.5 Å². The van der Waals surface area contributed by atoms with Gasteiger partial charge in [-0.2, -0.15) is 0 Å². The fourth-order valence-corrected chi connectivity index (χ4v) is 2.85. The van der Waals surface area contributed by atoms with Crippen LogP contribution in [0.4, 0.5) is 0 Å². The SMILES string of the molecule is CCCCCCOc1ccc(OC[C@H](O)Cn2nnc3ccccc32)cc1. The molecule has 1 N–H and O–H groups in total. The number of aromatic nitrogens is 3. The van der Waals surface area contributed by atoms with Crippen molar-refractivity contribution in [2.75, 3.05) is 13.2 Å². The van der Waals surface area contributed by atoms with Gasteiger partial charge in [0.25, 0.3) is 0 Å². The minimum atomic E-state index is -0.676. The number of para-hydroxylation sites is 1. The van der Waals surface area contributed by atoms with E-state index in [0.717, 1.165) is 29.8 Å². The van der Waals surface area contributed by atoms with Crippen molar-refractivity contribution < 1.29 is 14.6 Å². The molecule has 3 aromatic rings. The Balaban J connectivity index is 1.42. The van der Waals surface area contributed by atoms with E-state index in [1.165, 1.54) is 19.3 Å². The molecule has 0 bridgehead atoms. The Labute approximate surface area is 159 Å². The average molecular weight is 369 g/mol. The number of hydrogen-bond donors (Lipinski definition) is 1. The van der Waals surface area contributed by atoms with Gasteiger partial charge in [0, 0.05) is 0 Å². The second-order valence-corrected chi connectivity index (χ2v) is 6.61. The van der Waals surface area contributed by atoms with Crippen LogP contribution in [0, 0.1) is 0 Å². The van der Waals surface area contributed by atoms with Gasteiger partial charge in [-0.25, -0.2) is 4.68 Å². The minimum Gasteiger partial charge on any atom is -0.494 e. The number of nitrogens with zero attached hydrogens (tertiary/aromatic N) is 3. The molecule has 0 saturated carbocycles. The zero-order chi connectivity index (χ0) is 18.9. The Kier molecular flexibility index (Phi) is 7.04. The maximum atomic E-state index is 10.2. The standard InChI is InChI=1S/C21H27N3O3/c1-2-3-4-7-14-26-18-10-12-19(13-11-18)27-16-17(25)15-24-21-9-6-5-8-20(21)22-23-24/h5-6,8-13,17,25H,2-4,7,14-16H2,1H3/t17-/m1/s1. The van der Waals surface area contributed by atoms with Crippen LogP contribution in [0.25, 0.3) is 11.0 Å². The molecule has 0 radical (unpaired) electrons. The summed E-state index contributed by atoms with van der Waals surface area (Å²) in [6, 6.07) is 15.2. The van der Waals surface area contributed by atoms with E-state index in [1.807, 2.05) is 48.5 Å². The molecular weight excluding hydrogens is 342 g/mol. The lowest BCUT2D eigenvalue weighted by molar-refractivity contribution is 0.0899. The fraction of sp³-hybridized carbons (Fsp3) is 0.429. The fourth-order valence-electron chi connectivity index (χ4n) is 2.85. The molecule has 6 nitrogen and oxygen atoms in total. The van der Waals surface area contributed by atoms with Crippen LogP contribution in [0.5, 0.6) is 11.5 Å². The summed E-state index contributed by atoms with van der Waals surface area (Å²) >= 11 is 0. The van der Waals surface area contributed by atoms with Crippen molar-refractivity contribution >= 4 is 11.0 Å². The lowest BCUT2D eigenvalue weighted by atomic mass is 10.2. The van der Waals surface area contributed by atoms with Crippen LogP contribution in [0.1, 0.15) is 32.6 Å². The first-order chi connectivity index (χ1) is 13.3. The first kappa shape index (κ1) is 19.2. The highest BCUT2D eigenvalue weighted by molar-refractivity contribution is 5.73. The Morgan fingerprint density at radius 3 is 2.48 bits per heavy atom. The maximum absolute atomic E-state index is 10.2. The van der Waals surface area contributed by atoms with E-state index in [4.69, 9.17) is 9.47 Å². The van der Waals surface area contributed by atoms with E-state index < -0.39 is 6.10 Å². The highest BCUT2D eigenvalue weighted by atomic mass is 16.5. The maximum Gasteiger partial charge on any atom is 0.119 e. The number of benzene rings is 2. The van der Waals surface area contributed by atoms with E-state index >= 15 is 0 Å². The minimum absolute atomic E-state index is 0.186. The first-order valence-electron chi connectivity index (χ1n) is 9.58. The average Bonchev–Trinajstić information content (AvgIpc) is 3.10. The smallest absolute Gasteiger partial charge is 0.119 e. The summed E-state index contributed by atoms with van der Waals surface area (Å²) in [5.41, 5.74) is 1.72. The van der Waals surface area contributed by atoms with Crippen LogP contribution in [0.15, 0.2) is 48.5 Å². The molecule has 0 unspecified atom stereocenters. The third kappa shape index (κ3) is 5.69. The number of fused-ring (bicyclic) bond motifs is 1. The van der Waals surface area contributed by atoms with E-state index in [-0.39, 0.29) is 6.61 Å². The number of hydrogen-bond acceptors (Lipinski definition) is 5. The van der Waals surface area contributed by atoms with E-state index in [9.17, 15) is 5.11 Å². The Morgan fingerprint density at radius 1 is 0.963 bits per heavy atom. The number of ether oxygens (including phenoxy) is 2. The van der Waals surface area contributed by atoms with Gasteiger partial charge < -0.3 is 14.6 Å². The largest absolute Gasteiger partial charge is 0.494 e. The number of unbranched alkanes of at least 4 members (excludes halogenated alkanes) is 3. The molecule has 0 saturated heterocycles. The lowest BCUT2D eigenvalue weighted by Gasteiger charge is -2.13. The molecule has 0 aliphatic heterocycles. The van der Waals surface area contributed by atoms with Crippen LogP contribution in [-0.4, -0.2) is 39.4 Å². The highest BCUT2D eigenvalue weighted by Gasteiger charge is 2.10. The van der Waals surface area contributed by atoms with Gasteiger partial charge in [0.15, 0.2) is 0 Å². The van der Waals surface area contributed by atoms with Crippen LogP contribution in [0.3, 0.4) is 0 Å². The molecule has 0 aliphatic carbocycles. The van der Waals surface area contributed by atoms with E-state index in [1.54, 1.807) is 4.68 Å². The van der Waals surface area contributed by atoms with Gasteiger partial charge in [0.2, 0.25) is 0 Å². The molecule has 0 amide bonds. The lowest BCUT2D eigenvalue weighted by Crippen LogP contribution is -2.24. The first-order valence-corrected chi connectivity index (χ1v) is 9.58. The van der Waals surface area contributed by atoms with Gasteiger partial charge in [-0.15, -0.1) is 5.10 Å². The van der Waals surface area contributed by atoms with Crippen LogP contribution < -0.4 is 9.47 Å². The molecule has 2 aromatic carbocycles. The molecule has 0 spiro atoms. The van der Waals surface area contributed by atoms with Crippen LogP contribution >= 0.6 is 0 Å². The zero-order valence-electron chi connectivity index (χ0n) is 15.8. The van der Waals surface area contributed by atoms with Crippen LogP contribution in [0.2, 0.25) is 0 Å². The predicted octanol–water partition coefficient (Wildman–Crippen LogP) is 3.83. The zero-order valence-corrected chi connectivity index (χ0v) is 15.8. The van der Waals surface area contributed by atoms with Crippen molar-refractivity contribution in [2.45, 2.75) is 45.3 Å². The summed E-state index contributed by atoms with van der Waals surface area (Å²) in [6.07, 6.45) is 4.09. The van der Waals surface area contributed by atoms with E-state index in [2.05, 4.69) is 17.2 Å². The van der Waals surface area contributed by atoms with E-state index in [0.29, 0.717) is 12.3 Å². The van der Waals surface area contributed by atoms with Crippen molar-refractivity contribution in [3.05, 3.63) is 48.5 Å².